The summed E-state index contributed by atoms with van der Waals surface area (Å²) < 4.78 is 5.57. The van der Waals surface area contributed by atoms with E-state index >= 15 is 0 Å². The smallest absolute Gasteiger partial charge is 0.0588 e. The van der Waals surface area contributed by atoms with Gasteiger partial charge in [-0.15, -0.1) is 0 Å². The summed E-state index contributed by atoms with van der Waals surface area (Å²) in [5, 5.41) is 3.60. The fraction of sp³-hybridized carbons (Fsp3) is 1.00. The second kappa shape index (κ2) is 4.43. The van der Waals surface area contributed by atoms with E-state index in [9.17, 15) is 0 Å². The summed E-state index contributed by atoms with van der Waals surface area (Å²) >= 11 is 0. The fourth-order valence-corrected chi connectivity index (χ4v) is 2.25. The first-order chi connectivity index (χ1) is 6.40. The van der Waals surface area contributed by atoms with Crippen LogP contribution in [0.25, 0.3) is 0 Å². The summed E-state index contributed by atoms with van der Waals surface area (Å²) in [5.41, 5.74) is 0. The van der Waals surface area contributed by atoms with E-state index in [4.69, 9.17) is 4.74 Å². The van der Waals surface area contributed by atoms with Gasteiger partial charge in [0, 0.05) is 12.6 Å². The molecule has 1 saturated carbocycles. The molecule has 2 rings (SSSR count). The molecule has 1 N–H and O–H groups in total. The predicted molar refractivity (Wildman–Crippen MR) is 53.8 cm³/mol. The predicted octanol–water partition coefficient (Wildman–Crippen LogP) is 1.94. The van der Waals surface area contributed by atoms with Crippen molar-refractivity contribution < 1.29 is 4.74 Å². The molecular weight excluding hydrogens is 162 g/mol. The lowest BCUT2D eigenvalue weighted by Crippen LogP contribution is -2.23. The number of hydrogen-bond acceptors (Lipinski definition) is 2. The van der Waals surface area contributed by atoms with Crippen LogP contribution in [-0.2, 0) is 4.74 Å². The normalized spacial score (nSPS) is 38.1. The first kappa shape index (κ1) is 9.47. The van der Waals surface area contributed by atoms with E-state index in [1.807, 2.05) is 0 Å². The Morgan fingerprint density at radius 2 is 2.38 bits per heavy atom. The topological polar surface area (TPSA) is 21.3 Å². The third-order valence-electron chi connectivity index (χ3n) is 3.34. The molecule has 2 fully saturated rings. The molecule has 2 heteroatoms. The molecule has 3 atom stereocenters. The van der Waals surface area contributed by atoms with Crippen molar-refractivity contribution >= 4 is 0 Å². The third kappa shape index (κ3) is 2.68. The van der Waals surface area contributed by atoms with Crippen molar-refractivity contribution in [3.05, 3.63) is 0 Å². The lowest BCUT2D eigenvalue weighted by molar-refractivity contribution is 0.104. The zero-order valence-corrected chi connectivity index (χ0v) is 8.59. The Morgan fingerprint density at radius 1 is 1.46 bits per heavy atom. The highest BCUT2D eigenvalue weighted by molar-refractivity contribution is 4.91. The summed E-state index contributed by atoms with van der Waals surface area (Å²) in [4.78, 5) is 0. The van der Waals surface area contributed by atoms with Gasteiger partial charge in [-0.3, -0.25) is 0 Å². The Balaban J connectivity index is 1.49. The Labute approximate surface area is 81.0 Å². The average molecular weight is 183 g/mol. The summed E-state index contributed by atoms with van der Waals surface area (Å²) in [6.45, 7) is 4.43. The van der Waals surface area contributed by atoms with Crippen LogP contribution in [0.3, 0.4) is 0 Å². The van der Waals surface area contributed by atoms with E-state index in [1.165, 1.54) is 32.1 Å². The second-order valence-corrected chi connectivity index (χ2v) is 4.39. The SMILES string of the molecule is CCC1CC1NCCC1CCCO1. The van der Waals surface area contributed by atoms with Crippen LogP contribution in [0.2, 0.25) is 0 Å². The van der Waals surface area contributed by atoms with Gasteiger partial charge in [-0.25, -0.2) is 0 Å². The number of rotatable bonds is 5. The molecule has 0 amide bonds. The van der Waals surface area contributed by atoms with Crippen LogP contribution >= 0.6 is 0 Å². The molecule has 0 aromatic carbocycles. The standard InChI is InChI=1S/C11H21NO/c1-2-9-8-11(9)12-6-5-10-4-3-7-13-10/h9-12H,2-8H2,1H3. The first-order valence-corrected chi connectivity index (χ1v) is 5.75. The Kier molecular flexibility index (Phi) is 3.23. The van der Waals surface area contributed by atoms with Crippen LogP contribution < -0.4 is 5.32 Å². The molecule has 1 aliphatic carbocycles. The molecule has 2 nitrogen and oxygen atoms in total. The van der Waals surface area contributed by atoms with E-state index < -0.39 is 0 Å². The van der Waals surface area contributed by atoms with E-state index in [-0.39, 0.29) is 0 Å². The van der Waals surface area contributed by atoms with E-state index in [1.54, 1.807) is 0 Å². The summed E-state index contributed by atoms with van der Waals surface area (Å²) in [7, 11) is 0. The van der Waals surface area contributed by atoms with Crippen molar-refractivity contribution in [3.8, 4) is 0 Å². The maximum atomic E-state index is 5.57. The van der Waals surface area contributed by atoms with Gasteiger partial charge in [0.25, 0.3) is 0 Å². The number of nitrogens with one attached hydrogen (secondary N) is 1. The molecule has 1 aliphatic heterocycles. The summed E-state index contributed by atoms with van der Waals surface area (Å²) in [6, 6.07) is 0.839. The minimum absolute atomic E-state index is 0.561. The van der Waals surface area contributed by atoms with Gasteiger partial charge in [-0.2, -0.15) is 0 Å². The van der Waals surface area contributed by atoms with Gasteiger partial charge < -0.3 is 10.1 Å². The second-order valence-electron chi connectivity index (χ2n) is 4.39. The molecule has 3 unspecified atom stereocenters. The molecule has 0 aromatic heterocycles. The fourth-order valence-electron chi connectivity index (χ4n) is 2.25. The van der Waals surface area contributed by atoms with Gasteiger partial charge in [0.05, 0.1) is 6.10 Å². The van der Waals surface area contributed by atoms with Crippen molar-refractivity contribution in [2.45, 2.75) is 51.2 Å². The van der Waals surface area contributed by atoms with E-state index in [0.29, 0.717) is 6.10 Å². The van der Waals surface area contributed by atoms with Gasteiger partial charge in [0.1, 0.15) is 0 Å². The molecule has 76 valence electrons. The van der Waals surface area contributed by atoms with Gasteiger partial charge in [0.2, 0.25) is 0 Å². The van der Waals surface area contributed by atoms with Crippen molar-refractivity contribution in [2.75, 3.05) is 13.2 Å². The van der Waals surface area contributed by atoms with Gasteiger partial charge in [0.15, 0.2) is 0 Å². The molecular formula is C11H21NO. The zero-order valence-electron chi connectivity index (χ0n) is 8.59. The third-order valence-corrected chi connectivity index (χ3v) is 3.34. The largest absolute Gasteiger partial charge is 0.378 e. The van der Waals surface area contributed by atoms with E-state index in [0.717, 1.165) is 25.1 Å². The van der Waals surface area contributed by atoms with Gasteiger partial charge in [-0.05, 0) is 38.1 Å². The molecule has 1 saturated heterocycles. The molecule has 1 heterocycles. The quantitative estimate of drug-likeness (QED) is 0.703. The minimum Gasteiger partial charge on any atom is -0.378 e. The zero-order chi connectivity index (χ0) is 9.10. The highest BCUT2D eigenvalue weighted by Gasteiger charge is 2.34. The van der Waals surface area contributed by atoms with Crippen LogP contribution in [0, 0.1) is 5.92 Å². The Bertz CT molecular complexity index is 154. The highest BCUT2D eigenvalue weighted by atomic mass is 16.5. The van der Waals surface area contributed by atoms with Crippen LogP contribution in [0.15, 0.2) is 0 Å². The maximum absolute atomic E-state index is 5.57. The number of hydrogen-bond donors (Lipinski definition) is 1. The average Bonchev–Trinajstić information content (AvgIpc) is 2.69. The summed E-state index contributed by atoms with van der Waals surface area (Å²) in [5.74, 6) is 0.976. The maximum Gasteiger partial charge on any atom is 0.0588 e. The lowest BCUT2D eigenvalue weighted by atomic mass is 10.2. The Morgan fingerprint density at radius 3 is 3.00 bits per heavy atom. The first-order valence-electron chi connectivity index (χ1n) is 5.75. The van der Waals surface area contributed by atoms with E-state index in [2.05, 4.69) is 12.2 Å². The van der Waals surface area contributed by atoms with Crippen molar-refractivity contribution in [3.63, 3.8) is 0 Å². The molecule has 0 spiro atoms. The highest BCUT2D eigenvalue weighted by Crippen LogP contribution is 2.33. The van der Waals surface area contributed by atoms with Gasteiger partial charge in [-0.1, -0.05) is 13.3 Å². The summed E-state index contributed by atoms with van der Waals surface area (Å²) in [6.07, 6.45) is 7.08. The Hall–Kier alpha value is -0.0800. The molecule has 13 heavy (non-hydrogen) atoms. The molecule has 2 aliphatic rings. The number of ether oxygens (including phenoxy) is 1. The van der Waals surface area contributed by atoms with Crippen LogP contribution in [0.1, 0.15) is 39.0 Å². The van der Waals surface area contributed by atoms with Crippen molar-refractivity contribution in [2.24, 2.45) is 5.92 Å². The van der Waals surface area contributed by atoms with Crippen molar-refractivity contribution in [1.82, 2.24) is 5.32 Å². The van der Waals surface area contributed by atoms with Crippen LogP contribution in [-0.4, -0.2) is 25.3 Å². The monoisotopic (exact) mass is 183 g/mol. The van der Waals surface area contributed by atoms with Crippen LogP contribution in [0.4, 0.5) is 0 Å². The molecule has 0 aromatic rings. The van der Waals surface area contributed by atoms with Crippen molar-refractivity contribution in [1.29, 1.82) is 0 Å². The molecule has 0 bridgehead atoms. The lowest BCUT2D eigenvalue weighted by Gasteiger charge is -2.09. The molecule has 0 radical (unpaired) electrons. The van der Waals surface area contributed by atoms with Crippen LogP contribution in [0.5, 0.6) is 0 Å². The minimum atomic E-state index is 0.561. The van der Waals surface area contributed by atoms with Gasteiger partial charge >= 0.3 is 0 Å².